The van der Waals surface area contributed by atoms with E-state index in [2.05, 4.69) is 5.10 Å². The molecule has 0 spiro atoms. The van der Waals surface area contributed by atoms with Crippen molar-refractivity contribution < 1.29 is 4.79 Å². The summed E-state index contributed by atoms with van der Waals surface area (Å²) >= 11 is 0. The molecule has 2 aromatic rings. The first-order chi connectivity index (χ1) is 8.16. The lowest BCUT2D eigenvalue weighted by molar-refractivity contribution is -0.113. The summed E-state index contributed by atoms with van der Waals surface area (Å²) < 4.78 is 1.79. The second kappa shape index (κ2) is 4.78. The summed E-state index contributed by atoms with van der Waals surface area (Å²) in [6.07, 6.45) is 5.50. The molecule has 0 aliphatic heterocycles. The molecular weight excluding hydrogens is 212 g/mol. The number of Topliss-reactive ketones (excluding diaryl/α,β-unsaturated/α-hetero) is 1. The molecule has 0 fully saturated rings. The highest BCUT2D eigenvalue weighted by Crippen LogP contribution is 2.10. The fourth-order valence-electron chi connectivity index (χ4n) is 1.48. The normalized spacial score (nSPS) is 11.5. The summed E-state index contributed by atoms with van der Waals surface area (Å²) in [7, 11) is 0. The van der Waals surface area contributed by atoms with E-state index in [4.69, 9.17) is 0 Å². The third-order valence-corrected chi connectivity index (χ3v) is 2.56. The second-order valence-electron chi connectivity index (χ2n) is 3.94. The molecule has 3 nitrogen and oxygen atoms in total. The molecule has 86 valence electrons. The SMILES string of the molecule is CC(=O)/C(C)=C/c1cnn(-c2ccccc2)c1. The van der Waals surface area contributed by atoms with Crippen molar-refractivity contribution >= 4 is 11.9 Å². The maximum Gasteiger partial charge on any atom is 0.155 e. The number of ketones is 1. The molecule has 0 radical (unpaired) electrons. The van der Waals surface area contributed by atoms with Crippen LogP contribution < -0.4 is 0 Å². The Morgan fingerprint density at radius 1 is 1.24 bits per heavy atom. The summed E-state index contributed by atoms with van der Waals surface area (Å²) in [4.78, 5) is 11.1. The molecule has 0 bridgehead atoms. The smallest absolute Gasteiger partial charge is 0.155 e. The van der Waals surface area contributed by atoms with Gasteiger partial charge in [0, 0.05) is 11.8 Å². The van der Waals surface area contributed by atoms with Gasteiger partial charge >= 0.3 is 0 Å². The van der Waals surface area contributed by atoms with Gasteiger partial charge in [-0.05, 0) is 37.6 Å². The molecule has 1 aromatic heterocycles. The third kappa shape index (κ3) is 2.69. The van der Waals surface area contributed by atoms with E-state index in [1.54, 1.807) is 17.8 Å². The van der Waals surface area contributed by atoms with Gasteiger partial charge in [0.1, 0.15) is 0 Å². The highest BCUT2D eigenvalue weighted by atomic mass is 16.1. The van der Waals surface area contributed by atoms with Crippen LogP contribution in [-0.4, -0.2) is 15.6 Å². The van der Waals surface area contributed by atoms with Crippen LogP contribution in [0.15, 0.2) is 48.3 Å². The van der Waals surface area contributed by atoms with Crippen molar-refractivity contribution in [2.45, 2.75) is 13.8 Å². The van der Waals surface area contributed by atoms with Crippen LogP contribution >= 0.6 is 0 Å². The monoisotopic (exact) mass is 226 g/mol. The highest BCUT2D eigenvalue weighted by Gasteiger charge is 2.00. The van der Waals surface area contributed by atoms with Gasteiger partial charge in [0.15, 0.2) is 5.78 Å². The molecule has 0 saturated heterocycles. The van der Waals surface area contributed by atoms with Crippen LogP contribution in [0.5, 0.6) is 0 Å². The zero-order valence-corrected chi connectivity index (χ0v) is 9.92. The van der Waals surface area contributed by atoms with Gasteiger partial charge in [-0.1, -0.05) is 18.2 Å². The van der Waals surface area contributed by atoms with Gasteiger partial charge in [-0.2, -0.15) is 5.10 Å². The molecule has 0 atom stereocenters. The van der Waals surface area contributed by atoms with Gasteiger partial charge in [-0.3, -0.25) is 4.79 Å². The molecule has 0 aliphatic rings. The molecule has 0 aliphatic carbocycles. The first-order valence-corrected chi connectivity index (χ1v) is 5.46. The molecule has 17 heavy (non-hydrogen) atoms. The highest BCUT2D eigenvalue weighted by molar-refractivity contribution is 5.96. The van der Waals surface area contributed by atoms with Crippen molar-refractivity contribution in [3.63, 3.8) is 0 Å². The Morgan fingerprint density at radius 3 is 2.59 bits per heavy atom. The second-order valence-corrected chi connectivity index (χ2v) is 3.94. The zero-order chi connectivity index (χ0) is 12.3. The molecule has 0 amide bonds. The number of nitrogens with zero attached hydrogens (tertiary/aromatic N) is 2. The molecule has 0 unspecified atom stereocenters. The lowest BCUT2D eigenvalue weighted by Crippen LogP contribution is -1.92. The number of allylic oxidation sites excluding steroid dienone is 1. The van der Waals surface area contributed by atoms with E-state index in [9.17, 15) is 4.79 Å². The van der Waals surface area contributed by atoms with E-state index >= 15 is 0 Å². The van der Waals surface area contributed by atoms with Crippen molar-refractivity contribution in [1.82, 2.24) is 9.78 Å². The Hall–Kier alpha value is -2.16. The van der Waals surface area contributed by atoms with Crippen molar-refractivity contribution in [2.24, 2.45) is 0 Å². The molecule has 1 aromatic carbocycles. The van der Waals surface area contributed by atoms with Gasteiger partial charge < -0.3 is 0 Å². The molecule has 0 saturated carbocycles. The summed E-state index contributed by atoms with van der Waals surface area (Å²) in [6.45, 7) is 3.37. The van der Waals surface area contributed by atoms with Crippen molar-refractivity contribution in [3.8, 4) is 5.69 Å². The number of rotatable bonds is 3. The number of aromatic nitrogens is 2. The van der Waals surface area contributed by atoms with Gasteiger partial charge in [0.05, 0.1) is 11.9 Å². The van der Waals surface area contributed by atoms with E-state index in [1.165, 1.54) is 0 Å². The van der Waals surface area contributed by atoms with E-state index in [0.717, 1.165) is 16.8 Å². The first kappa shape index (κ1) is 11.3. The predicted octanol–water partition coefficient (Wildman–Crippen LogP) is 2.86. The quantitative estimate of drug-likeness (QED) is 0.754. The lowest BCUT2D eigenvalue weighted by Gasteiger charge is -1.98. The Balaban J connectivity index is 2.29. The Morgan fingerprint density at radius 2 is 1.94 bits per heavy atom. The van der Waals surface area contributed by atoms with Crippen LogP contribution in [0.3, 0.4) is 0 Å². The number of carbonyl (C=O) groups excluding carboxylic acids is 1. The minimum atomic E-state index is 0.0810. The van der Waals surface area contributed by atoms with Crippen LogP contribution in [0.25, 0.3) is 11.8 Å². The fourth-order valence-corrected chi connectivity index (χ4v) is 1.48. The minimum Gasteiger partial charge on any atom is -0.295 e. The Bertz CT molecular complexity index is 553. The molecule has 0 N–H and O–H groups in total. The summed E-state index contributed by atoms with van der Waals surface area (Å²) in [5, 5.41) is 4.26. The van der Waals surface area contributed by atoms with Gasteiger partial charge in [-0.15, -0.1) is 0 Å². The van der Waals surface area contributed by atoms with Crippen LogP contribution in [0.4, 0.5) is 0 Å². The van der Waals surface area contributed by atoms with E-state index in [0.29, 0.717) is 0 Å². The van der Waals surface area contributed by atoms with Crippen LogP contribution in [0.2, 0.25) is 0 Å². The Kier molecular flexibility index (Phi) is 3.19. The van der Waals surface area contributed by atoms with Crippen molar-refractivity contribution in [2.75, 3.05) is 0 Å². The summed E-state index contributed by atoms with van der Waals surface area (Å²) in [6, 6.07) is 9.87. The van der Waals surface area contributed by atoms with Crippen molar-refractivity contribution in [1.29, 1.82) is 0 Å². The maximum absolute atomic E-state index is 11.1. The van der Waals surface area contributed by atoms with Crippen molar-refractivity contribution in [3.05, 3.63) is 53.9 Å². The average Bonchev–Trinajstić information content (AvgIpc) is 2.78. The molecule has 2 rings (SSSR count). The van der Waals surface area contributed by atoms with E-state index < -0.39 is 0 Å². The Labute approximate surface area is 100 Å². The lowest BCUT2D eigenvalue weighted by atomic mass is 10.1. The fraction of sp³-hybridized carbons (Fsp3) is 0.143. The first-order valence-electron chi connectivity index (χ1n) is 5.46. The number of hydrogen-bond acceptors (Lipinski definition) is 2. The third-order valence-electron chi connectivity index (χ3n) is 2.56. The molecule has 1 heterocycles. The van der Waals surface area contributed by atoms with E-state index in [-0.39, 0.29) is 5.78 Å². The van der Waals surface area contributed by atoms with Gasteiger partial charge in [0.25, 0.3) is 0 Å². The predicted molar refractivity (Wildman–Crippen MR) is 67.9 cm³/mol. The van der Waals surface area contributed by atoms with E-state index in [1.807, 2.05) is 49.5 Å². The minimum absolute atomic E-state index is 0.0810. The number of carbonyl (C=O) groups is 1. The number of benzene rings is 1. The topological polar surface area (TPSA) is 34.9 Å². The molecule has 3 heteroatoms. The summed E-state index contributed by atoms with van der Waals surface area (Å²) in [5.41, 5.74) is 2.67. The van der Waals surface area contributed by atoms with Crippen LogP contribution in [0.1, 0.15) is 19.4 Å². The number of para-hydroxylation sites is 1. The standard InChI is InChI=1S/C14H14N2O/c1-11(12(2)17)8-13-9-15-16(10-13)14-6-4-3-5-7-14/h3-10H,1-2H3/b11-8+. The maximum atomic E-state index is 11.1. The van der Waals surface area contributed by atoms with Gasteiger partial charge in [-0.25, -0.2) is 4.68 Å². The largest absolute Gasteiger partial charge is 0.295 e. The number of hydrogen-bond donors (Lipinski definition) is 0. The summed E-state index contributed by atoms with van der Waals surface area (Å²) in [5.74, 6) is 0.0810. The van der Waals surface area contributed by atoms with Crippen LogP contribution in [0, 0.1) is 0 Å². The van der Waals surface area contributed by atoms with Crippen LogP contribution in [-0.2, 0) is 4.79 Å². The van der Waals surface area contributed by atoms with Gasteiger partial charge in [0.2, 0.25) is 0 Å². The molecular formula is C14H14N2O. The zero-order valence-electron chi connectivity index (χ0n) is 9.92. The average molecular weight is 226 g/mol.